The second-order valence-electron chi connectivity index (χ2n) is 3.50. The quantitative estimate of drug-likeness (QED) is 0.521. The molecule has 1 N–H and O–H groups in total. The van der Waals surface area contributed by atoms with E-state index in [0.29, 0.717) is 0 Å². The van der Waals surface area contributed by atoms with E-state index in [2.05, 4.69) is 24.4 Å². The molecule has 0 fully saturated rings. The maximum atomic E-state index is 3.46. The molecule has 1 unspecified atom stereocenters. The molecule has 60 valence electrons. The van der Waals surface area contributed by atoms with Gasteiger partial charge in [-0.15, -0.1) is 0 Å². The predicted molar refractivity (Wildman–Crippen MR) is 47.2 cm³/mol. The molecule has 1 heterocycles. The number of rotatable bonds is 0. The molecule has 1 aliphatic heterocycles. The first-order chi connectivity index (χ1) is 5.38. The van der Waals surface area contributed by atoms with Gasteiger partial charge in [0.25, 0.3) is 0 Å². The van der Waals surface area contributed by atoms with Gasteiger partial charge in [0.2, 0.25) is 0 Å². The van der Waals surface area contributed by atoms with Crippen molar-refractivity contribution in [1.82, 2.24) is 5.32 Å². The third-order valence-electron chi connectivity index (χ3n) is 2.53. The van der Waals surface area contributed by atoms with Crippen molar-refractivity contribution in [2.45, 2.75) is 26.2 Å². The minimum absolute atomic E-state index is 0.784. The van der Waals surface area contributed by atoms with Crippen LogP contribution in [0.1, 0.15) is 26.2 Å². The minimum atomic E-state index is 0.784. The zero-order valence-corrected chi connectivity index (χ0v) is 7.06. The van der Waals surface area contributed by atoms with E-state index in [-0.39, 0.29) is 0 Å². The van der Waals surface area contributed by atoms with E-state index in [9.17, 15) is 0 Å². The molecule has 1 nitrogen and oxygen atoms in total. The summed E-state index contributed by atoms with van der Waals surface area (Å²) in [7, 11) is 0. The lowest BCUT2D eigenvalue weighted by atomic mass is 10.0. The molecule has 0 radical (unpaired) electrons. The van der Waals surface area contributed by atoms with Gasteiger partial charge in [0.15, 0.2) is 0 Å². The van der Waals surface area contributed by atoms with Gasteiger partial charge in [-0.1, -0.05) is 19.1 Å². The molecule has 11 heavy (non-hydrogen) atoms. The number of allylic oxidation sites excluding steroid dienone is 3. The van der Waals surface area contributed by atoms with Crippen molar-refractivity contribution >= 4 is 0 Å². The Labute approximate surface area is 68.2 Å². The molecule has 0 aromatic rings. The van der Waals surface area contributed by atoms with Crippen LogP contribution in [0.4, 0.5) is 0 Å². The van der Waals surface area contributed by atoms with Crippen molar-refractivity contribution in [2.24, 2.45) is 5.92 Å². The Bertz CT molecular complexity index is 213. The van der Waals surface area contributed by atoms with Crippen LogP contribution in [0.15, 0.2) is 23.4 Å². The van der Waals surface area contributed by atoms with Gasteiger partial charge in [0.05, 0.1) is 0 Å². The van der Waals surface area contributed by atoms with Crippen LogP contribution in [-0.4, -0.2) is 6.54 Å². The van der Waals surface area contributed by atoms with E-state index in [1.54, 1.807) is 5.57 Å². The summed E-state index contributed by atoms with van der Waals surface area (Å²) < 4.78 is 0. The number of hydrogen-bond donors (Lipinski definition) is 1. The molecule has 0 bridgehead atoms. The molecule has 0 aromatic carbocycles. The third-order valence-corrected chi connectivity index (χ3v) is 2.53. The normalized spacial score (nSPS) is 32.6. The van der Waals surface area contributed by atoms with Gasteiger partial charge >= 0.3 is 0 Å². The predicted octanol–water partition coefficient (Wildman–Crippen LogP) is 2.22. The Morgan fingerprint density at radius 2 is 2.36 bits per heavy atom. The topological polar surface area (TPSA) is 12.0 Å². The van der Waals surface area contributed by atoms with Crippen LogP contribution in [0.3, 0.4) is 0 Å². The lowest BCUT2D eigenvalue weighted by Gasteiger charge is -2.00. The highest BCUT2D eigenvalue weighted by Gasteiger charge is 2.25. The Hall–Kier alpha value is -0.720. The fraction of sp³-hybridized carbons (Fsp3) is 0.600. The maximum Gasteiger partial charge on any atom is 0.0178 e. The molecule has 2 aliphatic rings. The minimum Gasteiger partial charge on any atom is -0.388 e. The third kappa shape index (κ3) is 1.47. The van der Waals surface area contributed by atoms with Crippen LogP contribution in [0, 0.1) is 5.92 Å². The molecule has 0 aromatic heterocycles. The molecule has 1 aliphatic carbocycles. The van der Waals surface area contributed by atoms with E-state index in [1.165, 1.54) is 25.0 Å². The van der Waals surface area contributed by atoms with E-state index in [1.807, 2.05) is 0 Å². The first kappa shape index (κ1) is 6.96. The average molecular weight is 149 g/mol. The van der Waals surface area contributed by atoms with Crippen LogP contribution >= 0.6 is 0 Å². The summed E-state index contributed by atoms with van der Waals surface area (Å²) in [5, 5.41) is 3.46. The zero-order valence-electron chi connectivity index (χ0n) is 7.06. The molecule has 0 amide bonds. The van der Waals surface area contributed by atoms with Crippen molar-refractivity contribution in [3.63, 3.8) is 0 Å². The highest BCUT2D eigenvalue weighted by Crippen LogP contribution is 2.37. The van der Waals surface area contributed by atoms with Crippen molar-refractivity contribution in [1.29, 1.82) is 0 Å². The van der Waals surface area contributed by atoms with Gasteiger partial charge in [0.1, 0.15) is 0 Å². The van der Waals surface area contributed by atoms with Crippen molar-refractivity contribution in [3.05, 3.63) is 23.4 Å². The summed E-state index contributed by atoms with van der Waals surface area (Å²) in [6.45, 7) is 3.45. The van der Waals surface area contributed by atoms with Crippen molar-refractivity contribution in [2.75, 3.05) is 6.54 Å². The van der Waals surface area contributed by atoms with Crippen LogP contribution in [-0.2, 0) is 0 Å². The van der Waals surface area contributed by atoms with Gasteiger partial charge in [-0.2, -0.15) is 0 Å². The summed E-state index contributed by atoms with van der Waals surface area (Å²) in [6, 6.07) is 0. The van der Waals surface area contributed by atoms with Gasteiger partial charge in [-0.25, -0.2) is 0 Å². The van der Waals surface area contributed by atoms with Crippen LogP contribution < -0.4 is 5.32 Å². The lowest BCUT2D eigenvalue weighted by molar-refractivity contribution is 0.713. The van der Waals surface area contributed by atoms with Gasteiger partial charge in [0, 0.05) is 18.7 Å². The molecule has 0 saturated heterocycles. The summed E-state index contributed by atoms with van der Waals surface area (Å²) in [5.74, 6) is 0.784. The highest BCUT2D eigenvalue weighted by atomic mass is 14.9. The fourth-order valence-electron chi connectivity index (χ4n) is 1.66. The molecule has 0 spiro atoms. The number of nitrogens with one attached hydrogen (secondary N) is 1. The van der Waals surface area contributed by atoms with Gasteiger partial charge < -0.3 is 5.32 Å². The summed E-state index contributed by atoms with van der Waals surface area (Å²) >= 11 is 0. The van der Waals surface area contributed by atoms with E-state index >= 15 is 0 Å². The second kappa shape index (κ2) is 2.72. The van der Waals surface area contributed by atoms with Gasteiger partial charge in [-0.3, -0.25) is 0 Å². The molecule has 2 rings (SSSR count). The average Bonchev–Trinajstić information content (AvgIpc) is 2.74. The van der Waals surface area contributed by atoms with E-state index < -0.39 is 0 Å². The Kier molecular flexibility index (Phi) is 1.72. The zero-order chi connectivity index (χ0) is 7.68. The number of hydrogen-bond acceptors (Lipinski definition) is 1. The van der Waals surface area contributed by atoms with Crippen LogP contribution in [0.5, 0.6) is 0 Å². The Morgan fingerprint density at radius 1 is 1.45 bits per heavy atom. The maximum absolute atomic E-state index is 3.46. The molecule has 0 saturated carbocycles. The first-order valence-corrected chi connectivity index (χ1v) is 4.48. The Morgan fingerprint density at radius 3 is 3.27 bits per heavy atom. The first-order valence-electron chi connectivity index (χ1n) is 4.48. The van der Waals surface area contributed by atoms with Crippen LogP contribution in [0.25, 0.3) is 0 Å². The molecule has 1 atom stereocenters. The molecule has 1 heteroatoms. The summed E-state index contributed by atoms with van der Waals surface area (Å²) in [6.07, 6.45) is 8.29. The van der Waals surface area contributed by atoms with E-state index in [4.69, 9.17) is 0 Å². The largest absolute Gasteiger partial charge is 0.388 e. The summed E-state index contributed by atoms with van der Waals surface area (Å²) in [4.78, 5) is 0. The van der Waals surface area contributed by atoms with Crippen LogP contribution in [0.2, 0.25) is 0 Å². The van der Waals surface area contributed by atoms with E-state index in [0.717, 1.165) is 12.5 Å². The van der Waals surface area contributed by atoms with Crippen molar-refractivity contribution < 1.29 is 0 Å². The standard InChI is InChI=1S/C10H15N/c1-8-5-3-2-4-6-11-10-7-9(8)10/h2-3,8,11H,4-7H2,1H3/b3-2+. The second-order valence-corrected chi connectivity index (χ2v) is 3.50. The lowest BCUT2D eigenvalue weighted by Crippen LogP contribution is -2.07. The molecular formula is C10H15N. The summed E-state index contributed by atoms with van der Waals surface area (Å²) in [5.41, 5.74) is 3.19. The monoisotopic (exact) mass is 149 g/mol. The van der Waals surface area contributed by atoms with Crippen molar-refractivity contribution in [3.8, 4) is 0 Å². The molecular weight excluding hydrogens is 134 g/mol. The highest BCUT2D eigenvalue weighted by molar-refractivity contribution is 5.35. The smallest absolute Gasteiger partial charge is 0.0178 e. The Balaban J connectivity index is 2.04. The SMILES string of the molecule is CC1C/C=C/CCNC2=C1C2. The van der Waals surface area contributed by atoms with Gasteiger partial charge in [-0.05, 0) is 24.3 Å². The fourth-order valence-corrected chi connectivity index (χ4v) is 1.66.